The third kappa shape index (κ3) is 4.03. The van der Waals surface area contributed by atoms with E-state index in [-0.39, 0.29) is 11.7 Å². The molecule has 1 aromatic rings. The first-order valence-corrected chi connectivity index (χ1v) is 6.68. The normalized spacial score (nSPS) is 10.9. The van der Waals surface area contributed by atoms with Crippen LogP contribution in [0.2, 0.25) is 0 Å². The summed E-state index contributed by atoms with van der Waals surface area (Å²) < 4.78 is 14.3. The lowest BCUT2D eigenvalue weighted by Crippen LogP contribution is -2.38. The van der Waals surface area contributed by atoms with E-state index < -0.39 is 5.41 Å². The Morgan fingerprint density at radius 1 is 1.53 bits per heavy atom. The molecule has 0 aliphatic rings. The van der Waals surface area contributed by atoms with Crippen LogP contribution in [0.4, 0.5) is 4.39 Å². The highest BCUT2D eigenvalue weighted by Crippen LogP contribution is 2.19. The number of hydrogen-bond acceptors (Lipinski definition) is 2. The molecule has 5 heteroatoms. The second-order valence-electron chi connectivity index (χ2n) is 4.95. The molecule has 1 rings (SSSR count). The van der Waals surface area contributed by atoms with Gasteiger partial charge in [-0.25, -0.2) is 4.39 Å². The van der Waals surface area contributed by atoms with Crippen molar-refractivity contribution in [2.24, 2.45) is 5.41 Å². The van der Waals surface area contributed by atoms with Gasteiger partial charge >= 0.3 is 0 Å². The number of nitriles is 1. The molecule has 0 saturated carbocycles. The summed E-state index contributed by atoms with van der Waals surface area (Å²) in [5.41, 5.74) is -0.506. The number of nitrogens with zero attached hydrogens (tertiary/aromatic N) is 2. The number of benzene rings is 1. The van der Waals surface area contributed by atoms with Crippen LogP contribution in [0.1, 0.15) is 19.4 Å². The fraction of sp³-hybridized carbons (Fsp3) is 0.429. The SMILES string of the molecule is CN(CCc1cc(Br)ccc1F)C(=O)C(C)(C)C#N. The second-order valence-corrected chi connectivity index (χ2v) is 5.86. The molecule has 0 aliphatic heterocycles. The maximum absolute atomic E-state index is 13.5. The lowest BCUT2D eigenvalue weighted by molar-refractivity contribution is -0.136. The van der Waals surface area contributed by atoms with Crippen LogP contribution in [0.3, 0.4) is 0 Å². The quantitative estimate of drug-likeness (QED) is 0.853. The average molecular weight is 327 g/mol. The molecule has 0 saturated heterocycles. The Morgan fingerprint density at radius 3 is 2.74 bits per heavy atom. The van der Waals surface area contributed by atoms with E-state index in [9.17, 15) is 9.18 Å². The van der Waals surface area contributed by atoms with Gasteiger partial charge in [0.15, 0.2) is 0 Å². The highest BCUT2D eigenvalue weighted by molar-refractivity contribution is 9.10. The third-order valence-electron chi connectivity index (χ3n) is 2.89. The van der Waals surface area contributed by atoms with Gasteiger partial charge in [0.25, 0.3) is 0 Å². The van der Waals surface area contributed by atoms with Crippen molar-refractivity contribution >= 4 is 21.8 Å². The van der Waals surface area contributed by atoms with Crippen LogP contribution in [0, 0.1) is 22.6 Å². The van der Waals surface area contributed by atoms with E-state index in [0.29, 0.717) is 18.5 Å². The van der Waals surface area contributed by atoms with Gasteiger partial charge in [0.05, 0.1) is 6.07 Å². The second kappa shape index (κ2) is 6.16. The van der Waals surface area contributed by atoms with Crippen LogP contribution in [0.15, 0.2) is 22.7 Å². The summed E-state index contributed by atoms with van der Waals surface area (Å²) in [7, 11) is 1.62. The van der Waals surface area contributed by atoms with E-state index in [4.69, 9.17) is 5.26 Å². The molecule has 19 heavy (non-hydrogen) atoms. The summed E-state index contributed by atoms with van der Waals surface area (Å²) in [5.74, 6) is -0.547. The predicted octanol–water partition coefficient (Wildman–Crippen LogP) is 3.14. The van der Waals surface area contributed by atoms with Gasteiger partial charge < -0.3 is 4.90 Å². The minimum atomic E-state index is -1.05. The fourth-order valence-corrected chi connectivity index (χ4v) is 2.06. The lowest BCUT2D eigenvalue weighted by Gasteiger charge is -2.24. The monoisotopic (exact) mass is 326 g/mol. The van der Waals surface area contributed by atoms with Gasteiger partial charge in [-0.2, -0.15) is 5.26 Å². The molecular formula is C14H16BrFN2O. The third-order valence-corrected chi connectivity index (χ3v) is 3.38. The van der Waals surface area contributed by atoms with Crippen LogP contribution in [0.25, 0.3) is 0 Å². The highest BCUT2D eigenvalue weighted by Gasteiger charge is 2.30. The van der Waals surface area contributed by atoms with E-state index in [2.05, 4.69) is 15.9 Å². The molecule has 0 radical (unpaired) electrons. The summed E-state index contributed by atoms with van der Waals surface area (Å²) >= 11 is 3.28. The summed E-state index contributed by atoms with van der Waals surface area (Å²) in [6.45, 7) is 3.52. The first-order valence-electron chi connectivity index (χ1n) is 5.88. The van der Waals surface area contributed by atoms with Crippen molar-refractivity contribution in [1.29, 1.82) is 5.26 Å². The summed E-state index contributed by atoms with van der Waals surface area (Å²) in [6, 6.07) is 6.69. The molecule has 0 unspecified atom stereocenters. The molecule has 0 atom stereocenters. The Labute approximate surface area is 121 Å². The van der Waals surface area contributed by atoms with Crippen molar-refractivity contribution in [1.82, 2.24) is 4.90 Å². The molecule has 0 aliphatic carbocycles. The Kier molecular flexibility index (Phi) is 5.07. The zero-order valence-corrected chi connectivity index (χ0v) is 12.8. The molecule has 0 spiro atoms. The largest absolute Gasteiger partial charge is 0.344 e. The van der Waals surface area contributed by atoms with E-state index in [0.717, 1.165) is 4.47 Å². The van der Waals surface area contributed by atoms with Crippen LogP contribution >= 0.6 is 15.9 Å². The zero-order chi connectivity index (χ0) is 14.6. The average Bonchev–Trinajstić information content (AvgIpc) is 2.38. The number of rotatable bonds is 4. The number of likely N-dealkylation sites (N-methyl/N-ethyl adjacent to an activating group) is 1. The number of hydrogen-bond donors (Lipinski definition) is 0. The molecule has 0 heterocycles. The lowest BCUT2D eigenvalue weighted by atomic mass is 9.94. The van der Waals surface area contributed by atoms with Gasteiger partial charge in [0.1, 0.15) is 11.2 Å². The Morgan fingerprint density at radius 2 is 2.16 bits per heavy atom. The van der Waals surface area contributed by atoms with Crippen molar-refractivity contribution in [3.8, 4) is 6.07 Å². The molecule has 0 bridgehead atoms. The first kappa shape index (κ1) is 15.6. The number of carbonyl (C=O) groups excluding carboxylic acids is 1. The summed E-state index contributed by atoms with van der Waals surface area (Å²) in [5, 5.41) is 8.92. The van der Waals surface area contributed by atoms with Gasteiger partial charge in [-0.05, 0) is 44.0 Å². The maximum atomic E-state index is 13.5. The number of carbonyl (C=O) groups is 1. The van der Waals surface area contributed by atoms with E-state index in [1.54, 1.807) is 33.0 Å². The van der Waals surface area contributed by atoms with Crippen molar-refractivity contribution < 1.29 is 9.18 Å². The van der Waals surface area contributed by atoms with Crippen LogP contribution < -0.4 is 0 Å². The van der Waals surface area contributed by atoms with E-state index >= 15 is 0 Å². The standard InChI is InChI=1S/C14H16BrFN2O/c1-14(2,9-17)13(19)18(3)7-6-10-8-11(15)4-5-12(10)16/h4-5,8H,6-7H2,1-3H3. The Bertz CT molecular complexity index is 523. The molecule has 0 aromatic heterocycles. The van der Waals surface area contributed by atoms with Crippen molar-refractivity contribution in [2.45, 2.75) is 20.3 Å². The van der Waals surface area contributed by atoms with Gasteiger partial charge in [-0.1, -0.05) is 15.9 Å². The number of amides is 1. The number of halogens is 2. The molecular weight excluding hydrogens is 311 g/mol. The van der Waals surface area contributed by atoms with Crippen molar-refractivity contribution in [3.05, 3.63) is 34.1 Å². The molecule has 1 amide bonds. The molecule has 0 N–H and O–H groups in total. The summed E-state index contributed by atoms with van der Waals surface area (Å²) in [4.78, 5) is 13.4. The smallest absolute Gasteiger partial charge is 0.242 e. The maximum Gasteiger partial charge on any atom is 0.242 e. The molecule has 102 valence electrons. The van der Waals surface area contributed by atoms with Gasteiger partial charge in [0, 0.05) is 18.1 Å². The minimum Gasteiger partial charge on any atom is -0.344 e. The van der Waals surface area contributed by atoms with Gasteiger partial charge in [-0.15, -0.1) is 0 Å². The Balaban J connectivity index is 2.70. The van der Waals surface area contributed by atoms with E-state index in [1.165, 1.54) is 11.0 Å². The highest BCUT2D eigenvalue weighted by atomic mass is 79.9. The molecule has 3 nitrogen and oxygen atoms in total. The fourth-order valence-electron chi connectivity index (χ4n) is 1.65. The zero-order valence-electron chi connectivity index (χ0n) is 11.2. The summed E-state index contributed by atoms with van der Waals surface area (Å²) in [6.07, 6.45) is 0.412. The Hall–Kier alpha value is -1.41. The van der Waals surface area contributed by atoms with E-state index in [1.807, 2.05) is 6.07 Å². The molecule has 0 fully saturated rings. The first-order chi connectivity index (χ1) is 8.77. The van der Waals surface area contributed by atoms with Crippen LogP contribution in [-0.2, 0) is 11.2 Å². The van der Waals surface area contributed by atoms with Crippen molar-refractivity contribution in [2.75, 3.05) is 13.6 Å². The molecule has 1 aromatic carbocycles. The van der Waals surface area contributed by atoms with Gasteiger partial charge in [0.2, 0.25) is 5.91 Å². The van der Waals surface area contributed by atoms with Crippen LogP contribution in [-0.4, -0.2) is 24.4 Å². The van der Waals surface area contributed by atoms with Gasteiger partial charge in [-0.3, -0.25) is 4.79 Å². The topological polar surface area (TPSA) is 44.1 Å². The van der Waals surface area contributed by atoms with Crippen molar-refractivity contribution in [3.63, 3.8) is 0 Å². The minimum absolute atomic E-state index is 0.259. The van der Waals surface area contributed by atoms with Crippen LogP contribution in [0.5, 0.6) is 0 Å². The predicted molar refractivity (Wildman–Crippen MR) is 74.8 cm³/mol.